The molecule has 0 bridgehead atoms. The summed E-state index contributed by atoms with van der Waals surface area (Å²) in [6.07, 6.45) is 0.755. The van der Waals surface area contributed by atoms with Crippen LogP contribution in [0.25, 0.3) is 0 Å². The maximum atomic E-state index is 13.9. The van der Waals surface area contributed by atoms with Crippen LogP contribution in [0.15, 0.2) is 17.0 Å². The van der Waals surface area contributed by atoms with Crippen molar-refractivity contribution in [1.29, 1.82) is 0 Å². The van der Waals surface area contributed by atoms with Crippen molar-refractivity contribution >= 4 is 15.9 Å². The maximum Gasteiger partial charge on any atom is 0.254 e. The van der Waals surface area contributed by atoms with Gasteiger partial charge in [0.15, 0.2) is 5.82 Å². The highest BCUT2D eigenvalue weighted by atomic mass is 32.2. The van der Waals surface area contributed by atoms with Gasteiger partial charge >= 0.3 is 0 Å². The lowest BCUT2D eigenvalue weighted by atomic mass is 10.2. The van der Waals surface area contributed by atoms with Crippen molar-refractivity contribution in [2.75, 3.05) is 0 Å². The van der Waals surface area contributed by atoms with Crippen molar-refractivity contribution in [3.05, 3.63) is 29.3 Å². The number of halogens is 2. The van der Waals surface area contributed by atoms with E-state index in [2.05, 4.69) is 5.32 Å². The lowest BCUT2D eigenvalue weighted by Crippen LogP contribution is -2.28. The van der Waals surface area contributed by atoms with E-state index in [1.54, 1.807) is 0 Å². The summed E-state index contributed by atoms with van der Waals surface area (Å²) < 4.78 is 49.4. The predicted molar refractivity (Wildman–Crippen MR) is 62.8 cm³/mol. The molecular formula is C11H12F2N2O3S. The molecule has 0 radical (unpaired) electrons. The molecule has 1 aromatic carbocycles. The topological polar surface area (TPSA) is 89.3 Å². The van der Waals surface area contributed by atoms with Gasteiger partial charge in [-0.15, -0.1) is 0 Å². The predicted octanol–water partition coefficient (Wildman–Crippen LogP) is 0.750. The first-order valence-electron chi connectivity index (χ1n) is 5.53. The molecule has 1 fully saturated rings. The Morgan fingerprint density at radius 2 is 2.00 bits per heavy atom. The average molecular weight is 290 g/mol. The quantitative estimate of drug-likeness (QED) is 0.861. The molecule has 0 heterocycles. The lowest BCUT2D eigenvalue weighted by Gasteiger charge is -2.08. The van der Waals surface area contributed by atoms with E-state index >= 15 is 0 Å². The molecule has 0 aromatic heterocycles. The Hall–Kier alpha value is -1.54. The number of carbonyl (C=O) groups is 1. The van der Waals surface area contributed by atoms with E-state index in [1.165, 1.54) is 0 Å². The first kappa shape index (κ1) is 13.9. The molecule has 0 spiro atoms. The zero-order valence-corrected chi connectivity index (χ0v) is 10.8. The second kappa shape index (κ2) is 4.53. The zero-order chi connectivity index (χ0) is 14.4. The summed E-state index contributed by atoms with van der Waals surface area (Å²) in [5, 5.41) is 7.25. The molecule has 8 heteroatoms. The van der Waals surface area contributed by atoms with Crippen LogP contribution in [0.5, 0.6) is 0 Å². The van der Waals surface area contributed by atoms with E-state index in [9.17, 15) is 22.0 Å². The van der Waals surface area contributed by atoms with Gasteiger partial charge in [0, 0.05) is 6.04 Å². The van der Waals surface area contributed by atoms with Gasteiger partial charge in [0.25, 0.3) is 5.91 Å². The van der Waals surface area contributed by atoms with Crippen molar-refractivity contribution in [2.45, 2.75) is 24.3 Å². The monoisotopic (exact) mass is 290 g/mol. The molecule has 1 amide bonds. The number of nitrogens with two attached hydrogens (primary N) is 1. The van der Waals surface area contributed by atoms with Crippen molar-refractivity contribution in [3.63, 3.8) is 0 Å². The fraction of sp³-hybridized carbons (Fsp3) is 0.364. The first-order valence-corrected chi connectivity index (χ1v) is 7.07. The van der Waals surface area contributed by atoms with Gasteiger partial charge in [-0.3, -0.25) is 4.79 Å². The number of hydrogen-bond donors (Lipinski definition) is 2. The minimum atomic E-state index is -4.43. The van der Waals surface area contributed by atoms with Gasteiger partial charge in [0.1, 0.15) is 10.7 Å². The molecule has 1 aliphatic carbocycles. The number of hydrogen-bond acceptors (Lipinski definition) is 3. The van der Waals surface area contributed by atoms with Gasteiger partial charge in [0.05, 0.1) is 5.56 Å². The highest BCUT2D eigenvalue weighted by Gasteiger charge is 2.35. The van der Waals surface area contributed by atoms with Crippen LogP contribution < -0.4 is 10.5 Å². The summed E-state index contributed by atoms with van der Waals surface area (Å²) in [4.78, 5) is 10.7. The fourth-order valence-electron chi connectivity index (χ4n) is 1.71. The van der Waals surface area contributed by atoms with Gasteiger partial charge in [0.2, 0.25) is 10.0 Å². The molecule has 5 nitrogen and oxygen atoms in total. The van der Waals surface area contributed by atoms with E-state index in [4.69, 9.17) is 5.14 Å². The molecule has 2 unspecified atom stereocenters. The minimum absolute atomic E-state index is 0.0897. The third-order valence-electron chi connectivity index (χ3n) is 2.98. The first-order chi connectivity index (χ1) is 8.70. The van der Waals surface area contributed by atoms with E-state index in [-0.39, 0.29) is 12.0 Å². The maximum absolute atomic E-state index is 13.9. The smallest absolute Gasteiger partial charge is 0.254 e. The van der Waals surface area contributed by atoms with E-state index in [1.807, 2.05) is 6.92 Å². The fourth-order valence-corrected chi connectivity index (χ4v) is 2.34. The van der Waals surface area contributed by atoms with Gasteiger partial charge in [-0.2, -0.15) is 0 Å². The number of sulfonamides is 1. The number of benzene rings is 1. The molecule has 1 aliphatic rings. The summed E-state index contributed by atoms with van der Waals surface area (Å²) in [5.41, 5.74) is -0.664. The third kappa shape index (κ3) is 2.90. The molecule has 1 aromatic rings. The molecule has 104 valence electrons. The van der Waals surface area contributed by atoms with Crippen LogP contribution in [0.4, 0.5) is 8.78 Å². The van der Waals surface area contributed by atoms with Crippen molar-refractivity contribution < 1.29 is 22.0 Å². The number of carbonyl (C=O) groups excluding carboxylic acids is 1. The number of primary sulfonamides is 1. The average Bonchev–Trinajstić information content (AvgIpc) is 2.95. The number of amides is 1. The van der Waals surface area contributed by atoms with Gasteiger partial charge in [-0.25, -0.2) is 22.3 Å². The van der Waals surface area contributed by atoms with Crippen LogP contribution in [0.1, 0.15) is 23.7 Å². The van der Waals surface area contributed by atoms with Gasteiger partial charge in [-0.1, -0.05) is 6.92 Å². The van der Waals surface area contributed by atoms with Crippen molar-refractivity contribution in [1.82, 2.24) is 5.32 Å². The molecule has 2 rings (SSSR count). The Bertz CT molecular complexity index is 646. The van der Waals surface area contributed by atoms with E-state index in [0.29, 0.717) is 12.1 Å². The SMILES string of the molecule is CC1CC1NC(=O)c1cc(F)cc(S(N)(=O)=O)c1F. The summed E-state index contributed by atoms with van der Waals surface area (Å²) in [7, 11) is -4.43. The van der Waals surface area contributed by atoms with Crippen LogP contribution in [0, 0.1) is 17.6 Å². The molecular weight excluding hydrogens is 278 g/mol. The summed E-state index contributed by atoms with van der Waals surface area (Å²) in [5.74, 6) is -2.95. The highest BCUT2D eigenvalue weighted by molar-refractivity contribution is 7.89. The number of nitrogens with one attached hydrogen (secondary N) is 1. The largest absolute Gasteiger partial charge is 0.349 e. The standard InChI is InChI=1S/C11H12F2N2O3S/c1-5-2-8(5)15-11(16)7-3-6(12)4-9(10(7)13)19(14,17)18/h3-5,8H,2H2,1H3,(H,15,16)(H2,14,17,18). The lowest BCUT2D eigenvalue weighted by molar-refractivity contribution is 0.0944. The van der Waals surface area contributed by atoms with Gasteiger partial charge < -0.3 is 5.32 Å². The number of rotatable bonds is 3. The van der Waals surface area contributed by atoms with Crippen molar-refractivity contribution in [2.24, 2.45) is 11.1 Å². The van der Waals surface area contributed by atoms with Crippen LogP contribution in [-0.4, -0.2) is 20.4 Å². The normalized spacial score (nSPS) is 22.1. The summed E-state index contributed by atoms with van der Waals surface area (Å²) >= 11 is 0. The van der Waals surface area contributed by atoms with E-state index < -0.39 is 38.0 Å². The Kier molecular flexibility index (Phi) is 3.31. The highest BCUT2D eigenvalue weighted by Crippen LogP contribution is 2.29. The summed E-state index contributed by atoms with van der Waals surface area (Å²) in [6.45, 7) is 1.89. The van der Waals surface area contributed by atoms with Crippen LogP contribution in [-0.2, 0) is 10.0 Å². The van der Waals surface area contributed by atoms with E-state index in [0.717, 1.165) is 6.42 Å². The molecule has 0 aliphatic heterocycles. The third-order valence-corrected chi connectivity index (χ3v) is 3.89. The van der Waals surface area contributed by atoms with Gasteiger partial charge in [-0.05, 0) is 24.5 Å². The zero-order valence-electron chi connectivity index (χ0n) is 9.98. The Balaban J connectivity index is 2.40. The molecule has 0 saturated heterocycles. The molecule has 3 N–H and O–H groups in total. The molecule has 2 atom stereocenters. The second-order valence-electron chi connectivity index (χ2n) is 4.60. The Labute approximate surface area is 108 Å². The van der Waals surface area contributed by atoms with Crippen LogP contribution >= 0.6 is 0 Å². The van der Waals surface area contributed by atoms with Crippen LogP contribution in [0.2, 0.25) is 0 Å². The van der Waals surface area contributed by atoms with Crippen molar-refractivity contribution in [3.8, 4) is 0 Å². The molecule has 1 saturated carbocycles. The van der Waals surface area contributed by atoms with Crippen LogP contribution in [0.3, 0.4) is 0 Å². The summed E-state index contributed by atoms with van der Waals surface area (Å²) in [6, 6.07) is 1.00. The Morgan fingerprint density at radius 1 is 1.42 bits per heavy atom. The molecule has 19 heavy (non-hydrogen) atoms. The second-order valence-corrected chi connectivity index (χ2v) is 6.13. The Morgan fingerprint density at radius 3 is 2.47 bits per heavy atom. The minimum Gasteiger partial charge on any atom is -0.349 e.